The first-order chi connectivity index (χ1) is 8.65. The minimum atomic E-state index is 0.0146. The number of hydrogen-bond donors (Lipinski definition) is 2. The van der Waals surface area contributed by atoms with E-state index in [4.69, 9.17) is 5.73 Å². The van der Waals surface area contributed by atoms with Crippen molar-refractivity contribution in [1.29, 1.82) is 0 Å². The normalized spacial score (nSPS) is 10.7. The van der Waals surface area contributed by atoms with Crippen LogP contribution >= 0.6 is 0 Å². The second-order valence-electron chi connectivity index (χ2n) is 4.48. The summed E-state index contributed by atoms with van der Waals surface area (Å²) in [5.41, 5.74) is 7.56. The number of rotatable bonds is 7. The first-order valence-corrected chi connectivity index (χ1v) is 6.44. The lowest BCUT2D eigenvalue weighted by Crippen LogP contribution is -2.37. The van der Waals surface area contributed by atoms with Crippen molar-refractivity contribution in [3.05, 3.63) is 29.8 Å². The summed E-state index contributed by atoms with van der Waals surface area (Å²) in [5.74, 6) is 0.0146. The van der Waals surface area contributed by atoms with Gasteiger partial charge in [-0.25, -0.2) is 0 Å². The van der Waals surface area contributed by atoms with E-state index in [1.54, 1.807) is 0 Å². The smallest absolute Gasteiger partial charge is 0.238 e. The van der Waals surface area contributed by atoms with Gasteiger partial charge in [0.15, 0.2) is 0 Å². The summed E-state index contributed by atoms with van der Waals surface area (Å²) in [6, 6.07) is 7.80. The molecule has 4 nitrogen and oxygen atoms in total. The van der Waals surface area contributed by atoms with Gasteiger partial charge in [-0.15, -0.1) is 0 Å². The van der Waals surface area contributed by atoms with Gasteiger partial charge in [0.05, 0.1) is 6.54 Å². The van der Waals surface area contributed by atoms with Gasteiger partial charge in [-0.3, -0.25) is 9.69 Å². The molecule has 0 spiro atoms. The highest BCUT2D eigenvalue weighted by Crippen LogP contribution is 2.08. The van der Waals surface area contributed by atoms with E-state index in [2.05, 4.69) is 17.1 Å². The number of carbonyl (C=O) groups excluding carboxylic acids is 1. The Bertz CT molecular complexity index is 356. The van der Waals surface area contributed by atoms with Gasteiger partial charge in [0.25, 0.3) is 0 Å². The highest BCUT2D eigenvalue weighted by Gasteiger charge is 2.09. The van der Waals surface area contributed by atoms with Crippen LogP contribution < -0.4 is 11.1 Å². The molecular weight excluding hydrogens is 226 g/mol. The second-order valence-corrected chi connectivity index (χ2v) is 4.48. The number of carbonyl (C=O) groups is 1. The first-order valence-electron chi connectivity index (χ1n) is 6.44. The highest BCUT2D eigenvalue weighted by atomic mass is 16.2. The first kappa shape index (κ1) is 14.7. The van der Waals surface area contributed by atoms with Crippen LogP contribution in [0.25, 0.3) is 0 Å². The number of amides is 1. The second kappa shape index (κ2) is 7.84. The van der Waals surface area contributed by atoms with Crippen LogP contribution in [0.5, 0.6) is 0 Å². The average molecular weight is 249 g/mol. The van der Waals surface area contributed by atoms with E-state index in [-0.39, 0.29) is 5.91 Å². The Morgan fingerprint density at radius 2 is 1.94 bits per heavy atom. The van der Waals surface area contributed by atoms with Crippen LogP contribution in [0, 0.1) is 6.92 Å². The molecule has 0 unspecified atom stereocenters. The minimum Gasteiger partial charge on any atom is -0.329 e. The molecule has 0 aliphatic carbocycles. The number of benzene rings is 1. The van der Waals surface area contributed by atoms with Crippen LogP contribution in [0.1, 0.15) is 18.9 Å². The summed E-state index contributed by atoms with van der Waals surface area (Å²) in [6.07, 6.45) is 1.03. The molecule has 4 heteroatoms. The van der Waals surface area contributed by atoms with Crippen LogP contribution in [0.2, 0.25) is 0 Å². The van der Waals surface area contributed by atoms with Gasteiger partial charge in [-0.05, 0) is 32.0 Å². The van der Waals surface area contributed by atoms with E-state index in [1.807, 2.05) is 31.2 Å². The summed E-state index contributed by atoms with van der Waals surface area (Å²) < 4.78 is 0. The molecule has 1 amide bonds. The number of nitrogens with two attached hydrogens (primary N) is 1. The molecule has 0 fully saturated rings. The summed E-state index contributed by atoms with van der Waals surface area (Å²) in [4.78, 5) is 13.9. The Balaban J connectivity index is 2.46. The Kier molecular flexibility index (Phi) is 6.39. The van der Waals surface area contributed by atoms with Crippen LogP contribution in [-0.4, -0.2) is 37.0 Å². The lowest BCUT2D eigenvalue weighted by atomic mass is 10.2. The van der Waals surface area contributed by atoms with Crippen LogP contribution in [0.15, 0.2) is 24.3 Å². The monoisotopic (exact) mass is 249 g/mol. The van der Waals surface area contributed by atoms with E-state index in [0.717, 1.165) is 25.2 Å². The molecule has 0 atom stereocenters. The molecule has 1 aromatic rings. The lowest BCUT2D eigenvalue weighted by molar-refractivity contribution is -0.117. The molecule has 3 N–H and O–H groups in total. The number of aryl methyl sites for hydroxylation is 1. The van der Waals surface area contributed by atoms with Crippen molar-refractivity contribution in [3.8, 4) is 0 Å². The third-order valence-electron chi connectivity index (χ3n) is 2.69. The summed E-state index contributed by atoms with van der Waals surface area (Å²) >= 11 is 0. The van der Waals surface area contributed by atoms with Gasteiger partial charge in [0.1, 0.15) is 0 Å². The van der Waals surface area contributed by atoms with Gasteiger partial charge in [0, 0.05) is 18.8 Å². The van der Waals surface area contributed by atoms with Crippen LogP contribution in [-0.2, 0) is 4.79 Å². The molecule has 18 heavy (non-hydrogen) atoms. The maximum Gasteiger partial charge on any atom is 0.238 e. The number of nitrogens with zero attached hydrogens (tertiary/aromatic N) is 1. The zero-order valence-corrected chi connectivity index (χ0v) is 11.3. The van der Waals surface area contributed by atoms with Gasteiger partial charge >= 0.3 is 0 Å². The molecule has 0 saturated heterocycles. The van der Waals surface area contributed by atoms with Gasteiger partial charge in [-0.1, -0.05) is 24.6 Å². The van der Waals surface area contributed by atoms with Crippen molar-refractivity contribution >= 4 is 11.6 Å². The van der Waals surface area contributed by atoms with Gasteiger partial charge < -0.3 is 11.1 Å². The molecular formula is C14H23N3O. The van der Waals surface area contributed by atoms with E-state index in [1.165, 1.54) is 5.56 Å². The fourth-order valence-corrected chi connectivity index (χ4v) is 1.81. The quantitative estimate of drug-likeness (QED) is 0.771. The highest BCUT2D eigenvalue weighted by molar-refractivity contribution is 5.92. The van der Waals surface area contributed by atoms with Crippen LogP contribution in [0.4, 0.5) is 5.69 Å². The number of nitrogens with one attached hydrogen (secondary N) is 1. The zero-order valence-electron chi connectivity index (χ0n) is 11.3. The van der Waals surface area contributed by atoms with E-state index in [0.29, 0.717) is 13.1 Å². The maximum atomic E-state index is 11.9. The summed E-state index contributed by atoms with van der Waals surface area (Å²) in [6.45, 7) is 6.77. The minimum absolute atomic E-state index is 0.0146. The van der Waals surface area contributed by atoms with E-state index in [9.17, 15) is 4.79 Å². The molecule has 0 bridgehead atoms. The fourth-order valence-electron chi connectivity index (χ4n) is 1.81. The Morgan fingerprint density at radius 1 is 1.28 bits per heavy atom. The molecule has 1 aromatic carbocycles. The Morgan fingerprint density at radius 3 is 2.50 bits per heavy atom. The predicted octanol–water partition coefficient (Wildman–Crippen LogP) is 1.60. The van der Waals surface area contributed by atoms with Crippen LogP contribution in [0.3, 0.4) is 0 Å². The molecule has 0 aromatic heterocycles. The third kappa shape index (κ3) is 5.29. The van der Waals surface area contributed by atoms with Gasteiger partial charge in [0.2, 0.25) is 5.91 Å². The molecule has 0 aliphatic heterocycles. The number of hydrogen-bond acceptors (Lipinski definition) is 3. The van der Waals surface area contributed by atoms with Crippen molar-refractivity contribution < 1.29 is 4.79 Å². The largest absolute Gasteiger partial charge is 0.329 e. The van der Waals surface area contributed by atoms with E-state index >= 15 is 0 Å². The van der Waals surface area contributed by atoms with Gasteiger partial charge in [-0.2, -0.15) is 0 Å². The molecule has 0 saturated carbocycles. The molecule has 1 rings (SSSR count). The zero-order chi connectivity index (χ0) is 13.4. The Hall–Kier alpha value is -1.39. The van der Waals surface area contributed by atoms with Crippen molar-refractivity contribution in [1.82, 2.24) is 4.90 Å². The fraction of sp³-hybridized carbons (Fsp3) is 0.500. The van der Waals surface area contributed by atoms with Crippen molar-refractivity contribution in [2.45, 2.75) is 20.3 Å². The molecule has 0 heterocycles. The summed E-state index contributed by atoms with van der Waals surface area (Å²) in [7, 11) is 0. The van der Waals surface area contributed by atoms with Crippen molar-refractivity contribution in [3.63, 3.8) is 0 Å². The molecule has 0 radical (unpaired) electrons. The Labute approximate surface area is 109 Å². The molecule has 100 valence electrons. The summed E-state index contributed by atoms with van der Waals surface area (Å²) in [5, 5.41) is 2.90. The SMILES string of the molecule is CCCN(CCN)CC(=O)Nc1ccc(C)cc1. The topological polar surface area (TPSA) is 58.4 Å². The standard InChI is InChI=1S/C14H23N3O/c1-3-9-17(10-8-15)11-14(18)16-13-6-4-12(2)5-7-13/h4-7H,3,8-11,15H2,1-2H3,(H,16,18). The third-order valence-corrected chi connectivity index (χ3v) is 2.69. The predicted molar refractivity (Wildman–Crippen MR) is 75.6 cm³/mol. The average Bonchev–Trinajstić information content (AvgIpc) is 2.33. The number of anilines is 1. The van der Waals surface area contributed by atoms with Crippen molar-refractivity contribution in [2.24, 2.45) is 5.73 Å². The van der Waals surface area contributed by atoms with E-state index < -0.39 is 0 Å². The molecule has 0 aliphatic rings. The lowest BCUT2D eigenvalue weighted by Gasteiger charge is -2.20. The maximum absolute atomic E-state index is 11.9. The van der Waals surface area contributed by atoms with Crippen molar-refractivity contribution in [2.75, 3.05) is 31.5 Å².